The normalized spacial score (nSPS) is 11.3. The van der Waals surface area contributed by atoms with E-state index in [2.05, 4.69) is 31.9 Å². The number of nitrogens with zero attached hydrogens (tertiary/aromatic N) is 2. The molecule has 0 fully saturated rings. The van der Waals surface area contributed by atoms with Gasteiger partial charge in [-0.2, -0.15) is 0 Å². The van der Waals surface area contributed by atoms with E-state index in [0.29, 0.717) is 0 Å². The number of benzene rings is 2. The molecular weight excluding hydrogens is 503 g/mol. The van der Waals surface area contributed by atoms with Gasteiger partial charge in [0.25, 0.3) is 0 Å². The predicted molar refractivity (Wildman–Crippen MR) is 89.5 cm³/mol. The molecule has 0 aliphatic carbocycles. The van der Waals surface area contributed by atoms with E-state index in [1.807, 2.05) is 0 Å². The summed E-state index contributed by atoms with van der Waals surface area (Å²) in [4.78, 5) is 20.5. The zero-order valence-corrected chi connectivity index (χ0v) is 16.1. The van der Waals surface area contributed by atoms with Crippen molar-refractivity contribution in [1.82, 2.24) is 0 Å². The molecule has 120 valence electrons. The topological polar surface area (TPSA) is 124 Å². The van der Waals surface area contributed by atoms with Gasteiger partial charge in [0.05, 0.1) is 0 Å². The second-order valence-electron chi connectivity index (χ2n) is 4.36. The fraction of sp³-hybridized carbons (Fsp3) is 0. The Labute approximate surface area is 148 Å². The SMILES string of the molecule is O=[N+]([O-])c1cc([As](=O)(O)c2ccc(Br)c([N+](=O)[O-])c2)ccc1Br. The third-order valence-corrected chi connectivity index (χ3v) is 8.40. The molecule has 2 aromatic rings. The van der Waals surface area contributed by atoms with Crippen LogP contribution >= 0.6 is 31.9 Å². The van der Waals surface area contributed by atoms with E-state index in [1.165, 1.54) is 24.3 Å². The molecule has 0 heterocycles. The summed E-state index contributed by atoms with van der Waals surface area (Å²) < 4.78 is 23.2. The summed E-state index contributed by atoms with van der Waals surface area (Å²) >= 11 is 1.03. The standard InChI is InChI=1S/C12H7AsBr2N2O6/c14-9-3-1-7(5-11(9)16(20)21)13(18,19)8-2-4-10(15)12(6-8)17(22)23/h1-6H,(H,18,19). The molecule has 0 saturated carbocycles. The monoisotopic (exact) mass is 508 g/mol. The zero-order chi connectivity index (χ0) is 17.4. The Bertz CT molecular complexity index is 805. The fourth-order valence-corrected chi connectivity index (χ4v) is 5.62. The molecule has 0 spiro atoms. The first-order valence-corrected chi connectivity index (χ1v) is 10.9. The van der Waals surface area contributed by atoms with Crippen molar-refractivity contribution in [2.45, 2.75) is 0 Å². The van der Waals surface area contributed by atoms with Gasteiger partial charge in [-0.1, -0.05) is 0 Å². The van der Waals surface area contributed by atoms with Gasteiger partial charge in [0, 0.05) is 0 Å². The van der Waals surface area contributed by atoms with Gasteiger partial charge in [0.2, 0.25) is 0 Å². The van der Waals surface area contributed by atoms with Crippen molar-refractivity contribution in [2.75, 3.05) is 0 Å². The van der Waals surface area contributed by atoms with Gasteiger partial charge >= 0.3 is 149 Å². The van der Waals surface area contributed by atoms with Gasteiger partial charge in [-0.05, 0) is 0 Å². The van der Waals surface area contributed by atoms with Crippen LogP contribution in [0.1, 0.15) is 0 Å². The number of halogens is 2. The Morgan fingerprint density at radius 3 is 1.52 bits per heavy atom. The Balaban J connectivity index is 2.61. The molecule has 0 bridgehead atoms. The maximum absolute atomic E-state index is 12.7. The molecule has 2 rings (SSSR count). The molecule has 0 aliphatic rings. The molecule has 1 N–H and O–H groups in total. The first kappa shape index (κ1) is 17.9. The summed E-state index contributed by atoms with van der Waals surface area (Å²) in [6, 6.07) is 7.15. The molecule has 8 nitrogen and oxygen atoms in total. The van der Waals surface area contributed by atoms with Crippen molar-refractivity contribution in [3.63, 3.8) is 0 Å². The zero-order valence-electron chi connectivity index (χ0n) is 11.1. The molecule has 0 aromatic heterocycles. The van der Waals surface area contributed by atoms with E-state index in [0.717, 1.165) is 12.1 Å². The van der Waals surface area contributed by atoms with E-state index in [4.69, 9.17) is 0 Å². The summed E-state index contributed by atoms with van der Waals surface area (Å²) in [5.41, 5.74) is -0.713. The second kappa shape index (κ2) is 6.56. The van der Waals surface area contributed by atoms with Crippen LogP contribution in [-0.4, -0.2) is 27.8 Å². The van der Waals surface area contributed by atoms with Crippen LogP contribution in [0.3, 0.4) is 0 Å². The molecule has 0 atom stereocenters. The molecule has 0 radical (unpaired) electrons. The third-order valence-electron chi connectivity index (χ3n) is 2.95. The van der Waals surface area contributed by atoms with Gasteiger partial charge in [-0.25, -0.2) is 0 Å². The number of rotatable bonds is 4. The number of hydrogen-bond acceptors (Lipinski definition) is 5. The summed E-state index contributed by atoms with van der Waals surface area (Å²) in [6.07, 6.45) is 0. The average Bonchev–Trinajstić information content (AvgIpc) is 2.47. The Kier molecular flexibility index (Phi) is 5.10. The van der Waals surface area contributed by atoms with Crippen LogP contribution in [0.5, 0.6) is 0 Å². The van der Waals surface area contributed by atoms with Gasteiger partial charge < -0.3 is 0 Å². The summed E-state index contributed by atoms with van der Waals surface area (Å²) in [6.45, 7) is 0. The number of hydrogen-bond donors (Lipinski definition) is 1. The Hall–Kier alpha value is -1.48. The second-order valence-corrected chi connectivity index (χ2v) is 10.7. The Morgan fingerprint density at radius 2 is 1.22 bits per heavy atom. The van der Waals surface area contributed by atoms with Crippen molar-refractivity contribution in [2.24, 2.45) is 0 Å². The van der Waals surface area contributed by atoms with Gasteiger partial charge in [0.1, 0.15) is 0 Å². The predicted octanol–water partition coefficient (Wildman–Crippen LogP) is 2.01. The average molecular weight is 510 g/mol. The van der Waals surface area contributed by atoms with Crippen molar-refractivity contribution in [3.8, 4) is 0 Å². The molecule has 2 aromatic carbocycles. The van der Waals surface area contributed by atoms with Gasteiger partial charge in [-0.15, -0.1) is 0 Å². The quantitative estimate of drug-likeness (QED) is 0.382. The van der Waals surface area contributed by atoms with Crippen LogP contribution < -0.4 is 8.70 Å². The maximum atomic E-state index is 12.7. The van der Waals surface area contributed by atoms with Crippen LogP contribution in [0.4, 0.5) is 11.4 Å². The molecule has 0 unspecified atom stereocenters. The molecule has 0 aliphatic heterocycles. The van der Waals surface area contributed by atoms with Crippen molar-refractivity contribution in [3.05, 3.63) is 65.6 Å². The summed E-state index contributed by atoms with van der Waals surface area (Å²) in [5, 5.41) is 21.9. The Morgan fingerprint density at radius 1 is 0.870 bits per heavy atom. The molecule has 11 heteroatoms. The van der Waals surface area contributed by atoms with Crippen LogP contribution in [0.2, 0.25) is 0 Å². The molecule has 23 heavy (non-hydrogen) atoms. The first-order valence-electron chi connectivity index (χ1n) is 5.86. The first-order chi connectivity index (χ1) is 10.6. The van der Waals surface area contributed by atoms with E-state index in [1.54, 1.807) is 0 Å². The minimum atomic E-state index is -4.96. The van der Waals surface area contributed by atoms with Gasteiger partial charge in [-0.3, -0.25) is 0 Å². The van der Waals surface area contributed by atoms with E-state index in [-0.39, 0.29) is 29.0 Å². The van der Waals surface area contributed by atoms with E-state index >= 15 is 0 Å². The van der Waals surface area contributed by atoms with E-state index in [9.17, 15) is 28.1 Å². The van der Waals surface area contributed by atoms with Crippen molar-refractivity contribution in [1.29, 1.82) is 0 Å². The third kappa shape index (κ3) is 3.55. The molecule has 0 saturated heterocycles. The van der Waals surface area contributed by atoms with E-state index < -0.39 is 23.7 Å². The minimum absolute atomic E-state index is 0.130. The van der Waals surface area contributed by atoms with Crippen LogP contribution in [0, 0.1) is 20.2 Å². The van der Waals surface area contributed by atoms with Gasteiger partial charge in [0.15, 0.2) is 0 Å². The summed E-state index contributed by atoms with van der Waals surface area (Å²) in [5.74, 6) is 0. The number of nitro benzene ring substituents is 2. The van der Waals surface area contributed by atoms with Crippen LogP contribution in [0.25, 0.3) is 0 Å². The fourth-order valence-electron chi connectivity index (χ4n) is 1.81. The molecule has 0 amide bonds. The van der Waals surface area contributed by atoms with Crippen molar-refractivity contribution < 1.29 is 17.7 Å². The number of nitro groups is 2. The van der Waals surface area contributed by atoms with Crippen molar-refractivity contribution >= 4 is 65.8 Å². The summed E-state index contributed by atoms with van der Waals surface area (Å²) in [7, 11) is 0. The van der Waals surface area contributed by atoms with Crippen LogP contribution in [0.15, 0.2) is 45.3 Å². The van der Waals surface area contributed by atoms with Crippen LogP contribution in [-0.2, 0) is 3.74 Å². The molecular formula is C12H7AsBr2N2O6.